The molecule has 1 N–H and O–H groups in total. The van der Waals surface area contributed by atoms with Gasteiger partial charge in [0.05, 0.1) is 0 Å². The summed E-state index contributed by atoms with van der Waals surface area (Å²) in [4.78, 5) is 14.6. The summed E-state index contributed by atoms with van der Waals surface area (Å²) in [5.41, 5.74) is 0.893. The lowest BCUT2D eigenvalue weighted by Gasteiger charge is -2.34. The van der Waals surface area contributed by atoms with Gasteiger partial charge in [-0.15, -0.1) is 5.10 Å². The van der Waals surface area contributed by atoms with Crippen LogP contribution in [0.15, 0.2) is 48.7 Å². The third-order valence-corrected chi connectivity index (χ3v) is 4.29. The second-order valence-corrected chi connectivity index (χ2v) is 5.88. The molecule has 0 saturated carbocycles. The van der Waals surface area contributed by atoms with Crippen molar-refractivity contribution in [1.82, 2.24) is 15.1 Å². The number of aromatic nitrogens is 2. The van der Waals surface area contributed by atoms with Gasteiger partial charge in [0.15, 0.2) is 6.10 Å². The fourth-order valence-corrected chi connectivity index (χ4v) is 3.00. The Hall–Kier alpha value is -2.47. The standard InChI is InChI=1S/C18H22N4O2/c1-24-17(14-6-3-2-4-7-14)18(23)22-12-9-15(10-13-22)20-16-8-5-11-19-21-16/h2-8,11,15,17H,9-10,12-13H2,1H3,(H,20,21). The molecule has 1 aliphatic heterocycles. The first-order valence-electron chi connectivity index (χ1n) is 8.18. The lowest BCUT2D eigenvalue weighted by molar-refractivity contribution is -0.143. The largest absolute Gasteiger partial charge is 0.367 e. The van der Waals surface area contributed by atoms with E-state index in [0.717, 1.165) is 24.2 Å². The van der Waals surface area contributed by atoms with Crippen molar-refractivity contribution >= 4 is 11.7 Å². The van der Waals surface area contributed by atoms with Crippen molar-refractivity contribution in [2.75, 3.05) is 25.5 Å². The van der Waals surface area contributed by atoms with Crippen LogP contribution >= 0.6 is 0 Å². The molecular weight excluding hydrogens is 304 g/mol. The highest BCUT2D eigenvalue weighted by Gasteiger charge is 2.29. The Balaban J connectivity index is 1.56. The highest BCUT2D eigenvalue weighted by atomic mass is 16.5. The van der Waals surface area contributed by atoms with Gasteiger partial charge in [0.2, 0.25) is 0 Å². The van der Waals surface area contributed by atoms with Crippen LogP contribution in [-0.2, 0) is 9.53 Å². The lowest BCUT2D eigenvalue weighted by atomic mass is 10.0. The number of piperidine rings is 1. The molecule has 1 aliphatic rings. The van der Waals surface area contributed by atoms with E-state index >= 15 is 0 Å². The van der Waals surface area contributed by atoms with E-state index in [9.17, 15) is 4.79 Å². The van der Waals surface area contributed by atoms with Crippen molar-refractivity contribution in [3.05, 3.63) is 54.2 Å². The number of methoxy groups -OCH3 is 1. The van der Waals surface area contributed by atoms with E-state index in [2.05, 4.69) is 15.5 Å². The smallest absolute Gasteiger partial charge is 0.256 e. The molecule has 0 radical (unpaired) electrons. The molecule has 1 aromatic carbocycles. The number of anilines is 1. The molecule has 0 bridgehead atoms. The van der Waals surface area contributed by atoms with E-state index in [0.29, 0.717) is 19.1 Å². The van der Waals surface area contributed by atoms with Crippen molar-refractivity contribution in [3.63, 3.8) is 0 Å². The number of rotatable bonds is 5. The maximum Gasteiger partial charge on any atom is 0.256 e. The van der Waals surface area contributed by atoms with Crippen molar-refractivity contribution in [2.45, 2.75) is 25.0 Å². The van der Waals surface area contributed by atoms with Crippen LogP contribution in [0.25, 0.3) is 0 Å². The molecule has 6 heteroatoms. The molecule has 3 rings (SSSR count). The van der Waals surface area contributed by atoms with Gasteiger partial charge in [-0.2, -0.15) is 5.10 Å². The molecule has 1 aromatic heterocycles. The zero-order valence-electron chi connectivity index (χ0n) is 13.8. The minimum atomic E-state index is -0.532. The zero-order valence-corrected chi connectivity index (χ0v) is 13.8. The predicted molar refractivity (Wildman–Crippen MR) is 91.4 cm³/mol. The second kappa shape index (κ2) is 7.88. The topological polar surface area (TPSA) is 67.3 Å². The Kier molecular flexibility index (Phi) is 5.38. The quantitative estimate of drug-likeness (QED) is 0.913. The SMILES string of the molecule is COC(C(=O)N1CCC(Nc2cccnn2)CC1)c1ccccc1. The molecule has 1 saturated heterocycles. The fourth-order valence-electron chi connectivity index (χ4n) is 3.00. The van der Waals surface area contributed by atoms with Crippen molar-refractivity contribution in [3.8, 4) is 0 Å². The first-order valence-corrected chi connectivity index (χ1v) is 8.18. The van der Waals surface area contributed by atoms with E-state index < -0.39 is 6.10 Å². The Bertz CT molecular complexity index is 643. The Morgan fingerprint density at radius 3 is 2.58 bits per heavy atom. The average molecular weight is 326 g/mol. The number of carbonyl (C=O) groups excluding carboxylic acids is 1. The van der Waals surface area contributed by atoms with E-state index in [1.165, 1.54) is 0 Å². The van der Waals surface area contributed by atoms with Gasteiger partial charge in [0.1, 0.15) is 5.82 Å². The van der Waals surface area contributed by atoms with Crippen LogP contribution < -0.4 is 5.32 Å². The maximum absolute atomic E-state index is 12.8. The van der Waals surface area contributed by atoms with Crippen LogP contribution in [-0.4, -0.2) is 47.2 Å². The second-order valence-electron chi connectivity index (χ2n) is 5.88. The molecule has 2 aromatic rings. The van der Waals surface area contributed by atoms with Crippen LogP contribution in [0.1, 0.15) is 24.5 Å². The van der Waals surface area contributed by atoms with Crippen LogP contribution in [0.4, 0.5) is 5.82 Å². The third-order valence-electron chi connectivity index (χ3n) is 4.29. The van der Waals surface area contributed by atoms with Gasteiger partial charge in [-0.25, -0.2) is 0 Å². The number of nitrogens with zero attached hydrogens (tertiary/aromatic N) is 3. The average Bonchev–Trinajstić information content (AvgIpc) is 2.65. The Morgan fingerprint density at radius 1 is 1.21 bits per heavy atom. The van der Waals surface area contributed by atoms with Crippen molar-refractivity contribution < 1.29 is 9.53 Å². The molecule has 1 atom stereocenters. The molecule has 0 spiro atoms. The normalized spacial score (nSPS) is 16.6. The van der Waals surface area contributed by atoms with Crippen LogP contribution in [0.2, 0.25) is 0 Å². The minimum absolute atomic E-state index is 0.0293. The molecule has 1 amide bonds. The number of ether oxygens (including phenoxy) is 1. The highest BCUT2D eigenvalue weighted by molar-refractivity contribution is 5.82. The number of benzene rings is 1. The van der Waals surface area contributed by atoms with E-state index in [-0.39, 0.29) is 5.91 Å². The fraction of sp³-hybridized carbons (Fsp3) is 0.389. The number of nitrogens with one attached hydrogen (secondary N) is 1. The third kappa shape index (κ3) is 3.89. The predicted octanol–water partition coefficient (Wildman–Crippen LogP) is 2.27. The van der Waals surface area contributed by atoms with Gasteiger partial charge in [-0.3, -0.25) is 4.79 Å². The van der Waals surface area contributed by atoms with Gasteiger partial charge in [0.25, 0.3) is 5.91 Å². The van der Waals surface area contributed by atoms with Crippen LogP contribution in [0.3, 0.4) is 0 Å². The molecule has 24 heavy (non-hydrogen) atoms. The minimum Gasteiger partial charge on any atom is -0.367 e. The molecule has 2 heterocycles. The van der Waals surface area contributed by atoms with Gasteiger partial charge < -0.3 is 15.0 Å². The van der Waals surface area contributed by atoms with Crippen molar-refractivity contribution in [2.24, 2.45) is 0 Å². The number of carbonyl (C=O) groups is 1. The molecule has 126 valence electrons. The Morgan fingerprint density at radius 2 is 1.96 bits per heavy atom. The Labute approximate surface area is 141 Å². The van der Waals surface area contributed by atoms with Crippen molar-refractivity contribution in [1.29, 1.82) is 0 Å². The summed E-state index contributed by atoms with van der Waals surface area (Å²) in [6.07, 6.45) is 2.89. The van der Waals surface area contributed by atoms with Gasteiger partial charge in [0, 0.05) is 32.4 Å². The van der Waals surface area contributed by atoms with E-state index in [1.54, 1.807) is 13.3 Å². The number of likely N-dealkylation sites (tertiary alicyclic amines) is 1. The van der Waals surface area contributed by atoms with Crippen LogP contribution in [0.5, 0.6) is 0 Å². The summed E-state index contributed by atoms with van der Waals surface area (Å²) >= 11 is 0. The van der Waals surface area contributed by atoms with Crippen LogP contribution in [0, 0.1) is 0 Å². The lowest BCUT2D eigenvalue weighted by Crippen LogP contribution is -2.44. The van der Waals surface area contributed by atoms with Gasteiger partial charge >= 0.3 is 0 Å². The molecular formula is C18H22N4O2. The zero-order chi connectivity index (χ0) is 16.8. The summed E-state index contributed by atoms with van der Waals surface area (Å²) in [6, 6.07) is 13.7. The monoisotopic (exact) mass is 326 g/mol. The number of hydrogen-bond donors (Lipinski definition) is 1. The van der Waals surface area contributed by atoms with E-state index in [4.69, 9.17) is 4.74 Å². The van der Waals surface area contributed by atoms with E-state index in [1.807, 2.05) is 47.4 Å². The summed E-state index contributed by atoms with van der Waals surface area (Å²) < 4.78 is 5.45. The molecule has 1 unspecified atom stereocenters. The van der Waals surface area contributed by atoms with Gasteiger partial charge in [-0.05, 0) is 30.5 Å². The summed E-state index contributed by atoms with van der Waals surface area (Å²) in [6.45, 7) is 1.42. The first kappa shape index (κ1) is 16.4. The first-order chi connectivity index (χ1) is 11.8. The summed E-state index contributed by atoms with van der Waals surface area (Å²) in [5, 5.41) is 11.3. The maximum atomic E-state index is 12.8. The molecule has 1 fully saturated rings. The molecule has 0 aliphatic carbocycles. The molecule has 6 nitrogen and oxygen atoms in total. The summed E-state index contributed by atoms with van der Waals surface area (Å²) in [5.74, 6) is 0.808. The highest BCUT2D eigenvalue weighted by Crippen LogP contribution is 2.22. The van der Waals surface area contributed by atoms with Gasteiger partial charge in [-0.1, -0.05) is 30.3 Å². The number of amides is 1. The summed E-state index contributed by atoms with van der Waals surface area (Å²) in [7, 11) is 1.58. The number of hydrogen-bond acceptors (Lipinski definition) is 5.